The summed E-state index contributed by atoms with van der Waals surface area (Å²) in [6, 6.07) is 3.66. The number of benzene rings is 2. The second kappa shape index (κ2) is 12.3. The molecule has 2 aliphatic carbocycles. The molecular weight excluding hydrogens is 505 g/mol. The van der Waals surface area contributed by atoms with Gasteiger partial charge in [-0.15, -0.1) is 0 Å². The molecule has 208 valence electrons. The monoisotopic (exact) mass is 540 g/mol. The number of allylic oxidation sites excluding steroid dienone is 1. The predicted octanol–water partition coefficient (Wildman–Crippen LogP) is 10.4. The van der Waals surface area contributed by atoms with Crippen LogP contribution in [0, 0.1) is 46.9 Å². The molecule has 0 N–H and O–H groups in total. The van der Waals surface area contributed by atoms with Gasteiger partial charge in [0.2, 0.25) is 0 Å². The van der Waals surface area contributed by atoms with Crippen LogP contribution in [0.1, 0.15) is 82.3 Å². The quantitative estimate of drug-likeness (QED) is 0.307. The molecule has 2 aromatic carbocycles. The first-order valence-corrected chi connectivity index (χ1v) is 13.8. The van der Waals surface area contributed by atoms with E-state index in [2.05, 4.69) is 6.92 Å². The summed E-state index contributed by atoms with van der Waals surface area (Å²) in [4.78, 5) is 0. The predicted molar refractivity (Wildman–Crippen MR) is 136 cm³/mol. The Balaban J connectivity index is 1.36. The Morgan fingerprint density at radius 1 is 0.711 bits per heavy atom. The third kappa shape index (κ3) is 7.20. The fraction of sp³-hybridized carbons (Fsp3) is 0.548. The van der Waals surface area contributed by atoms with E-state index in [1.54, 1.807) is 0 Å². The van der Waals surface area contributed by atoms with E-state index in [1.807, 2.05) is 0 Å². The van der Waals surface area contributed by atoms with Crippen LogP contribution in [0.2, 0.25) is 0 Å². The summed E-state index contributed by atoms with van der Waals surface area (Å²) in [6.07, 6.45) is 7.94. The van der Waals surface area contributed by atoms with Gasteiger partial charge < -0.3 is 0 Å². The molecule has 0 radical (unpaired) electrons. The molecule has 0 amide bonds. The maximum Gasteiger partial charge on any atom is 0.409 e. The smallest absolute Gasteiger partial charge is 0.206 e. The van der Waals surface area contributed by atoms with E-state index < -0.39 is 46.1 Å². The minimum atomic E-state index is -4.75. The summed E-state index contributed by atoms with van der Waals surface area (Å²) in [5, 5.41) is 0. The van der Waals surface area contributed by atoms with Crippen LogP contribution in [0.25, 0.3) is 17.2 Å². The number of aryl methyl sites for hydroxylation is 1. The molecule has 0 atom stereocenters. The van der Waals surface area contributed by atoms with E-state index in [0.717, 1.165) is 37.0 Å². The van der Waals surface area contributed by atoms with Crippen LogP contribution >= 0.6 is 0 Å². The Morgan fingerprint density at radius 2 is 1.21 bits per heavy atom. The molecule has 0 saturated heterocycles. The Bertz CT molecular complexity index is 1070. The van der Waals surface area contributed by atoms with Gasteiger partial charge in [-0.2, -0.15) is 13.2 Å². The number of alkyl halides is 3. The molecule has 38 heavy (non-hydrogen) atoms. The topological polar surface area (TPSA) is 0 Å². The second-order valence-corrected chi connectivity index (χ2v) is 11.2. The van der Waals surface area contributed by atoms with Gasteiger partial charge in [-0.05, 0) is 104 Å². The zero-order chi connectivity index (χ0) is 27.4. The average molecular weight is 541 g/mol. The van der Waals surface area contributed by atoms with Crippen molar-refractivity contribution in [2.75, 3.05) is 0 Å². The van der Waals surface area contributed by atoms with Crippen LogP contribution in [-0.4, -0.2) is 6.18 Å². The first-order valence-electron chi connectivity index (χ1n) is 13.8. The van der Waals surface area contributed by atoms with Crippen LogP contribution in [0.3, 0.4) is 0 Å². The number of hydrogen-bond donors (Lipinski definition) is 0. The zero-order valence-corrected chi connectivity index (χ0v) is 21.7. The lowest BCUT2D eigenvalue weighted by atomic mass is 9.68. The maximum absolute atomic E-state index is 14.9. The molecule has 0 heterocycles. The number of halogens is 7. The van der Waals surface area contributed by atoms with Crippen LogP contribution in [0.15, 0.2) is 30.3 Å². The average Bonchev–Trinajstić information content (AvgIpc) is 2.86. The third-order valence-electron chi connectivity index (χ3n) is 8.78. The molecule has 2 aromatic rings. The van der Waals surface area contributed by atoms with Crippen LogP contribution in [0.5, 0.6) is 0 Å². The zero-order valence-electron chi connectivity index (χ0n) is 21.7. The van der Waals surface area contributed by atoms with E-state index in [4.69, 9.17) is 0 Å². The van der Waals surface area contributed by atoms with E-state index in [1.165, 1.54) is 57.1 Å². The van der Waals surface area contributed by atoms with Gasteiger partial charge in [-0.1, -0.05) is 39.0 Å². The Morgan fingerprint density at radius 3 is 1.68 bits per heavy atom. The van der Waals surface area contributed by atoms with E-state index in [-0.39, 0.29) is 12.2 Å². The molecule has 2 fully saturated rings. The Hall–Kier alpha value is -2.31. The molecule has 2 saturated carbocycles. The van der Waals surface area contributed by atoms with Crippen molar-refractivity contribution in [1.29, 1.82) is 0 Å². The fourth-order valence-corrected chi connectivity index (χ4v) is 6.50. The van der Waals surface area contributed by atoms with E-state index in [9.17, 15) is 30.7 Å². The molecule has 0 spiro atoms. The molecule has 7 heteroatoms. The van der Waals surface area contributed by atoms with Crippen molar-refractivity contribution in [1.82, 2.24) is 0 Å². The highest BCUT2D eigenvalue weighted by Crippen LogP contribution is 2.43. The SMILES string of the molecule is CCC1CCC(C2CCC(CCc3cc(F)c(-c4cc(F)c(C=CC(F)(F)F)c(F)c4)c(F)c3)CC2)CC1. The van der Waals surface area contributed by atoms with E-state index >= 15 is 0 Å². The van der Waals surface area contributed by atoms with Gasteiger partial charge in [0.25, 0.3) is 0 Å². The van der Waals surface area contributed by atoms with Crippen LogP contribution in [-0.2, 0) is 6.42 Å². The maximum atomic E-state index is 14.9. The molecule has 2 aliphatic rings. The Kier molecular flexibility index (Phi) is 9.25. The van der Waals surface area contributed by atoms with Crippen LogP contribution < -0.4 is 0 Å². The molecule has 0 aromatic heterocycles. The van der Waals surface area contributed by atoms with Crippen LogP contribution in [0.4, 0.5) is 30.7 Å². The van der Waals surface area contributed by atoms with E-state index in [0.29, 0.717) is 30.0 Å². The standard InChI is InChI=1S/C31H35F7/c1-2-19-5-9-22(10-6-19)23-11-7-20(8-12-23)3-4-21-15-28(34)30(29(35)16-21)24-17-26(32)25(27(33)18-24)13-14-31(36,37)38/h13-20,22-23H,2-12H2,1H3. The van der Waals surface area contributed by atoms with Crippen molar-refractivity contribution in [3.8, 4) is 11.1 Å². The van der Waals surface area contributed by atoms with Crippen molar-refractivity contribution in [3.05, 3.63) is 64.7 Å². The van der Waals surface area contributed by atoms with Crippen molar-refractivity contribution in [2.45, 2.75) is 83.7 Å². The lowest BCUT2D eigenvalue weighted by Gasteiger charge is -2.37. The van der Waals surface area contributed by atoms with Gasteiger partial charge in [0.05, 0.1) is 5.56 Å². The summed E-state index contributed by atoms with van der Waals surface area (Å²) in [7, 11) is 0. The van der Waals surface area contributed by atoms with Gasteiger partial charge in [-0.3, -0.25) is 0 Å². The minimum absolute atomic E-state index is 0.259. The minimum Gasteiger partial charge on any atom is -0.206 e. The highest BCUT2D eigenvalue weighted by Gasteiger charge is 2.30. The van der Waals surface area contributed by atoms with Crippen molar-refractivity contribution in [3.63, 3.8) is 0 Å². The van der Waals surface area contributed by atoms with Gasteiger partial charge >= 0.3 is 6.18 Å². The van der Waals surface area contributed by atoms with Crippen molar-refractivity contribution >= 4 is 6.08 Å². The first-order chi connectivity index (χ1) is 18.0. The lowest BCUT2D eigenvalue weighted by Crippen LogP contribution is -2.25. The molecule has 0 bridgehead atoms. The molecular formula is C31H35F7. The molecule has 4 rings (SSSR count). The fourth-order valence-electron chi connectivity index (χ4n) is 6.50. The largest absolute Gasteiger partial charge is 0.409 e. The second-order valence-electron chi connectivity index (χ2n) is 11.2. The number of rotatable bonds is 7. The number of hydrogen-bond acceptors (Lipinski definition) is 0. The Labute approximate surface area is 220 Å². The van der Waals surface area contributed by atoms with Crippen molar-refractivity contribution in [2.24, 2.45) is 23.7 Å². The van der Waals surface area contributed by atoms with Gasteiger partial charge in [0.1, 0.15) is 23.3 Å². The lowest BCUT2D eigenvalue weighted by molar-refractivity contribution is -0.0790. The van der Waals surface area contributed by atoms with Crippen molar-refractivity contribution < 1.29 is 30.7 Å². The first kappa shape index (κ1) is 28.7. The van der Waals surface area contributed by atoms with Gasteiger partial charge in [-0.25, -0.2) is 17.6 Å². The third-order valence-corrected chi connectivity index (χ3v) is 8.78. The summed E-state index contributed by atoms with van der Waals surface area (Å²) < 4.78 is 95.5. The molecule has 0 nitrogen and oxygen atoms in total. The summed E-state index contributed by atoms with van der Waals surface area (Å²) >= 11 is 0. The molecule has 0 aliphatic heterocycles. The van der Waals surface area contributed by atoms with Gasteiger partial charge in [0, 0.05) is 11.6 Å². The normalized spacial score (nSPS) is 24.7. The highest BCUT2D eigenvalue weighted by molar-refractivity contribution is 5.68. The summed E-state index contributed by atoms with van der Waals surface area (Å²) in [6.45, 7) is 2.28. The molecule has 0 unspecified atom stereocenters. The van der Waals surface area contributed by atoms with Gasteiger partial charge in [0.15, 0.2) is 0 Å². The summed E-state index contributed by atoms with van der Waals surface area (Å²) in [5.74, 6) is -1.52. The highest BCUT2D eigenvalue weighted by atomic mass is 19.4. The summed E-state index contributed by atoms with van der Waals surface area (Å²) in [5.41, 5.74) is -1.45.